The molecule has 0 aromatic heterocycles. The van der Waals surface area contributed by atoms with Crippen molar-refractivity contribution in [2.45, 2.75) is 38.4 Å². The second kappa shape index (κ2) is 4.60. The van der Waals surface area contributed by atoms with Crippen LogP contribution < -0.4 is 0 Å². The van der Waals surface area contributed by atoms with E-state index < -0.39 is 0 Å². The minimum atomic E-state index is 0.286. The highest BCUT2D eigenvalue weighted by atomic mass is 32.1. The number of rotatable bonds is 2. The van der Waals surface area contributed by atoms with Crippen molar-refractivity contribution in [2.24, 2.45) is 4.99 Å². The van der Waals surface area contributed by atoms with Gasteiger partial charge in [-0.15, -0.1) is 0 Å². The lowest BCUT2D eigenvalue weighted by Crippen LogP contribution is -2.27. The highest BCUT2D eigenvalue weighted by Crippen LogP contribution is 2.18. The van der Waals surface area contributed by atoms with E-state index in [0.29, 0.717) is 12.6 Å². The van der Waals surface area contributed by atoms with Crippen LogP contribution in [0.25, 0.3) is 0 Å². The minimum absolute atomic E-state index is 0.286. The van der Waals surface area contributed by atoms with Crippen molar-refractivity contribution >= 4 is 17.4 Å². The number of nitrogens with zero attached hydrogens (tertiary/aromatic N) is 1. The molecule has 62 valence electrons. The third-order valence-electron chi connectivity index (χ3n) is 1.92. The first kappa shape index (κ1) is 8.85. The summed E-state index contributed by atoms with van der Waals surface area (Å²) in [7, 11) is 0. The Kier molecular flexibility index (Phi) is 3.70. The number of hydrogen-bond donors (Lipinski definition) is 0. The number of ether oxygens (including phenoxy) is 1. The van der Waals surface area contributed by atoms with Gasteiger partial charge in [-0.1, -0.05) is 0 Å². The first-order valence-corrected chi connectivity index (χ1v) is 4.43. The summed E-state index contributed by atoms with van der Waals surface area (Å²) < 4.78 is 5.61. The molecule has 0 aliphatic carbocycles. The fourth-order valence-corrected chi connectivity index (χ4v) is 1.45. The molecular formula is C8H13NOS. The molecule has 0 amide bonds. The molecule has 0 bridgehead atoms. The summed E-state index contributed by atoms with van der Waals surface area (Å²) >= 11 is 4.48. The van der Waals surface area contributed by atoms with E-state index in [2.05, 4.69) is 29.3 Å². The summed E-state index contributed by atoms with van der Waals surface area (Å²) in [6, 6.07) is 0. The van der Waals surface area contributed by atoms with Gasteiger partial charge in [-0.25, -0.2) is 4.99 Å². The zero-order valence-electron chi connectivity index (χ0n) is 6.75. The predicted octanol–water partition coefficient (Wildman–Crippen LogP) is 2.05. The maximum Gasteiger partial charge on any atom is 0.0781 e. The first-order valence-electron chi connectivity index (χ1n) is 4.02. The molecule has 1 fully saturated rings. The minimum Gasteiger partial charge on any atom is -0.373 e. The molecule has 2 nitrogen and oxygen atoms in total. The molecule has 3 heteroatoms. The van der Waals surface area contributed by atoms with Crippen LogP contribution >= 0.6 is 12.2 Å². The van der Waals surface area contributed by atoms with Crippen LogP contribution in [0, 0.1) is 0 Å². The predicted molar refractivity (Wildman–Crippen MR) is 48.1 cm³/mol. The SMILES string of the molecule is C[C@H]1CCC[C@H](CN=C=S)O1. The van der Waals surface area contributed by atoms with Crippen LogP contribution in [0.15, 0.2) is 4.99 Å². The molecule has 0 spiro atoms. The fraction of sp³-hybridized carbons (Fsp3) is 0.875. The molecule has 2 atom stereocenters. The average Bonchev–Trinajstić information content (AvgIpc) is 2.01. The molecule has 0 radical (unpaired) electrons. The van der Waals surface area contributed by atoms with Crippen molar-refractivity contribution in [1.29, 1.82) is 0 Å². The molecule has 0 N–H and O–H groups in total. The van der Waals surface area contributed by atoms with Gasteiger partial charge in [-0.05, 0) is 38.4 Å². The molecule has 0 saturated carbocycles. The Morgan fingerprint density at radius 1 is 1.64 bits per heavy atom. The van der Waals surface area contributed by atoms with Gasteiger partial charge < -0.3 is 4.74 Å². The van der Waals surface area contributed by atoms with Gasteiger partial charge in [0.1, 0.15) is 0 Å². The van der Waals surface area contributed by atoms with Crippen LogP contribution in [0.1, 0.15) is 26.2 Å². The van der Waals surface area contributed by atoms with Crippen molar-refractivity contribution < 1.29 is 4.74 Å². The summed E-state index contributed by atoms with van der Waals surface area (Å²) in [5.41, 5.74) is 0. The van der Waals surface area contributed by atoms with E-state index >= 15 is 0 Å². The second-order valence-electron chi connectivity index (χ2n) is 2.93. The summed E-state index contributed by atoms with van der Waals surface area (Å²) in [5, 5.41) is 2.36. The Labute approximate surface area is 72.7 Å². The lowest BCUT2D eigenvalue weighted by Gasteiger charge is -2.26. The van der Waals surface area contributed by atoms with Crippen molar-refractivity contribution in [3.8, 4) is 0 Å². The van der Waals surface area contributed by atoms with E-state index in [1.54, 1.807) is 0 Å². The smallest absolute Gasteiger partial charge is 0.0781 e. The Morgan fingerprint density at radius 3 is 3.09 bits per heavy atom. The van der Waals surface area contributed by atoms with Crippen molar-refractivity contribution in [3.05, 3.63) is 0 Å². The Bertz CT molecular complexity index is 165. The van der Waals surface area contributed by atoms with Crippen LogP contribution in [-0.2, 0) is 4.74 Å². The largest absolute Gasteiger partial charge is 0.373 e. The molecule has 1 saturated heterocycles. The lowest BCUT2D eigenvalue weighted by molar-refractivity contribution is -0.0338. The molecule has 11 heavy (non-hydrogen) atoms. The molecular weight excluding hydrogens is 158 g/mol. The zero-order chi connectivity index (χ0) is 8.10. The normalized spacial score (nSPS) is 31.0. The van der Waals surface area contributed by atoms with Gasteiger partial charge in [-0.2, -0.15) is 0 Å². The van der Waals surface area contributed by atoms with Gasteiger partial charge in [-0.3, -0.25) is 0 Å². The Balaban J connectivity index is 2.27. The highest BCUT2D eigenvalue weighted by molar-refractivity contribution is 7.78. The number of isothiocyanates is 1. The van der Waals surface area contributed by atoms with Crippen LogP contribution in [0.2, 0.25) is 0 Å². The van der Waals surface area contributed by atoms with Gasteiger partial charge >= 0.3 is 0 Å². The molecule has 0 unspecified atom stereocenters. The second-order valence-corrected chi connectivity index (χ2v) is 3.11. The number of hydrogen-bond acceptors (Lipinski definition) is 3. The monoisotopic (exact) mass is 171 g/mol. The quantitative estimate of drug-likeness (QED) is 0.468. The molecule has 1 rings (SSSR count). The molecule has 1 aliphatic heterocycles. The zero-order valence-corrected chi connectivity index (χ0v) is 7.56. The van der Waals surface area contributed by atoms with Crippen LogP contribution in [0.3, 0.4) is 0 Å². The van der Waals surface area contributed by atoms with E-state index in [-0.39, 0.29) is 6.10 Å². The molecule has 0 aromatic carbocycles. The highest BCUT2D eigenvalue weighted by Gasteiger charge is 2.17. The van der Waals surface area contributed by atoms with Gasteiger partial charge in [0, 0.05) is 0 Å². The van der Waals surface area contributed by atoms with E-state index in [0.717, 1.165) is 6.42 Å². The third kappa shape index (κ3) is 3.10. The first-order chi connectivity index (χ1) is 5.33. The Hall–Kier alpha value is -0.240. The van der Waals surface area contributed by atoms with Gasteiger partial charge in [0.2, 0.25) is 0 Å². The standard InChI is InChI=1S/C8H13NOS/c1-7-3-2-4-8(10-7)5-9-6-11/h7-8H,2-5H2,1H3/t7-,8+/m0/s1. The Morgan fingerprint density at radius 2 is 2.45 bits per heavy atom. The van der Waals surface area contributed by atoms with Gasteiger partial charge in [0.25, 0.3) is 0 Å². The summed E-state index contributed by atoms with van der Waals surface area (Å²) in [5.74, 6) is 0. The van der Waals surface area contributed by atoms with Crippen molar-refractivity contribution in [1.82, 2.24) is 0 Å². The van der Waals surface area contributed by atoms with Crippen LogP contribution in [0.4, 0.5) is 0 Å². The number of aliphatic imine (C=N–C) groups is 1. The average molecular weight is 171 g/mol. The topological polar surface area (TPSA) is 21.6 Å². The molecule has 1 aliphatic rings. The third-order valence-corrected chi connectivity index (χ3v) is 2.05. The van der Waals surface area contributed by atoms with Gasteiger partial charge in [0.15, 0.2) is 0 Å². The summed E-state index contributed by atoms with van der Waals surface area (Å²) in [6.07, 6.45) is 4.23. The van der Waals surface area contributed by atoms with Gasteiger partial charge in [0.05, 0.1) is 23.9 Å². The van der Waals surface area contributed by atoms with Crippen LogP contribution in [-0.4, -0.2) is 23.9 Å². The molecule has 0 aromatic rings. The van der Waals surface area contributed by atoms with Crippen molar-refractivity contribution in [2.75, 3.05) is 6.54 Å². The fourth-order valence-electron chi connectivity index (χ4n) is 1.37. The van der Waals surface area contributed by atoms with E-state index in [1.807, 2.05) is 0 Å². The van der Waals surface area contributed by atoms with E-state index in [1.165, 1.54) is 12.8 Å². The summed E-state index contributed by atoms with van der Waals surface area (Å²) in [6.45, 7) is 2.79. The number of thiocarbonyl (C=S) groups is 1. The van der Waals surface area contributed by atoms with E-state index in [9.17, 15) is 0 Å². The van der Waals surface area contributed by atoms with Crippen molar-refractivity contribution in [3.63, 3.8) is 0 Å². The maximum absolute atomic E-state index is 5.61. The molecule has 1 heterocycles. The lowest BCUT2D eigenvalue weighted by atomic mass is 10.1. The maximum atomic E-state index is 5.61. The summed E-state index contributed by atoms with van der Waals surface area (Å²) in [4.78, 5) is 3.87. The van der Waals surface area contributed by atoms with E-state index in [4.69, 9.17) is 4.74 Å². The van der Waals surface area contributed by atoms with Crippen LogP contribution in [0.5, 0.6) is 0 Å².